The summed E-state index contributed by atoms with van der Waals surface area (Å²) in [6, 6.07) is 11.3. The Hall–Kier alpha value is -2.99. The van der Waals surface area contributed by atoms with Gasteiger partial charge in [-0.05, 0) is 48.9 Å². The van der Waals surface area contributed by atoms with Crippen molar-refractivity contribution in [3.05, 3.63) is 76.3 Å². The smallest absolute Gasteiger partial charge is 0.320 e. The number of benzene rings is 2. The summed E-state index contributed by atoms with van der Waals surface area (Å²) >= 11 is 6.02. The Balaban J connectivity index is 1.49. The molecule has 1 aliphatic rings. The number of hydrogen-bond donors (Lipinski definition) is 1. The summed E-state index contributed by atoms with van der Waals surface area (Å²) in [5, 5.41) is 3.50. The highest BCUT2D eigenvalue weighted by atomic mass is 35.5. The lowest BCUT2D eigenvalue weighted by Crippen LogP contribution is -2.39. The third kappa shape index (κ3) is 3.82. The second kappa shape index (κ2) is 7.56. The first-order valence-electron chi connectivity index (χ1n) is 8.92. The molecule has 0 saturated carbocycles. The summed E-state index contributed by atoms with van der Waals surface area (Å²) in [6.07, 6.45) is 2.37. The zero-order valence-corrected chi connectivity index (χ0v) is 16.0. The minimum Gasteiger partial charge on any atom is -0.320 e. The number of amides is 2. The first kappa shape index (κ1) is 18.4. The Morgan fingerprint density at radius 1 is 1.21 bits per heavy atom. The van der Waals surface area contributed by atoms with Gasteiger partial charge in [-0.3, -0.25) is 0 Å². The van der Waals surface area contributed by atoms with Gasteiger partial charge in [-0.2, -0.15) is 0 Å². The Kier molecular flexibility index (Phi) is 4.96. The maximum absolute atomic E-state index is 13.1. The van der Waals surface area contributed by atoms with E-state index >= 15 is 0 Å². The van der Waals surface area contributed by atoms with E-state index in [1.54, 1.807) is 35.4 Å². The lowest BCUT2D eigenvalue weighted by atomic mass is 10.1. The van der Waals surface area contributed by atoms with E-state index in [9.17, 15) is 9.18 Å². The number of hydrogen-bond acceptors (Lipinski definition) is 3. The van der Waals surface area contributed by atoms with Crippen LogP contribution < -0.4 is 5.32 Å². The Morgan fingerprint density at radius 3 is 2.79 bits per heavy atom. The molecule has 2 amide bonds. The molecule has 7 heteroatoms. The van der Waals surface area contributed by atoms with Crippen LogP contribution in [0.1, 0.15) is 16.8 Å². The Labute approximate surface area is 167 Å². The van der Waals surface area contributed by atoms with Gasteiger partial charge < -0.3 is 10.2 Å². The van der Waals surface area contributed by atoms with Gasteiger partial charge in [-0.15, -0.1) is 0 Å². The number of halogens is 2. The molecular formula is C21H18ClFN4O. The van der Waals surface area contributed by atoms with E-state index in [1.807, 2.05) is 13.0 Å². The van der Waals surface area contributed by atoms with E-state index in [1.165, 1.54) is 12.1 Å². The molecule has 4 rings (SSSR count). The zero-order valence-electron chi connectivity index (χ0n) is 15.2. The molecule has 0 bridgehead atoms. The van der Waals surface area contributed by atoms with E-state index in [0.29, 0.717) is 36.0 Å². The molecule has 0 atom stereocenters. The number of nitrogens with zero attached hydrogens (tertiary/aromatic N) is 3. The highest BCUT2D eigenvalue weighted by Gasteiger charge is 2.23. The van der Waals surface area contributed by atoms with Crippen molar-refractivity contribution in [1.82, 2.24) is 14.9 Å². The summed E-state index contributed by atoms with van der Waals surface area (Å²) < 4.78 is 13.1. The van der Waals surface area contributed by atoms with Crippen LogP contribution in [-0.2, 0) is 13.0 Å². The zero-order chi connectivity index (χ0) is 19.7. The minimum absolute atomic E-state index is 0.182. The molecule has 1 N–H and O–H groups in total. The Bertz CT molecular complexity index is 1040. The van der Waals surface area contributed by atoms with Crippen LogP contribution in [0.3, 0.4) is 0 Å². The summed E-state index contributed by atoms with van der Waals surface area (Å²) in [6.45, 7) is 2.91. The van der Waals surface area contributed by atoms with Gasteiger partial charge in [0.15, 0.2) is 5.82 Å². The molecule has 0 aliphatic carbocycles. The van der Waals surface area contributed by atoms with Crippen LogP contribution in [0.5, 0.6) is 0 Å². The van der Waals surface area contributed by atoms with Crippen molar-refractivity contribution in [3.8, 4) is 11.4 Å². The predicted molar refractivity (Wildman–Crippen MR) is 107 cm³/mol. The average molecular weight is 397 g/mol. The largest absolute Gasteiger partial charge is 0.322 e. The van der Waals surface area contributed by atoms with Gasteiger partial charge in [0.2, 0.25) is 0 Å². The second-order valence-corrected chi connectivity index (χ2v) is 7.17. The van der Waals surface area contributed by atoms with Gasteiger partial charge in [0.25, 0.3) is 0 Å². The van der Waals surface area contributed by atoms with Crippen molar-refractivity contribution in [2.24, 2.45) is 0 Å². The molecule has 28 heavy (non-hydrogen) atoms. The third-order valence-corrected chi connectivity index (χ3v) is 5.00. The van der Waals surface area contributed by atoms with Crippen LogP contribution in [0.15, 0.2) is 48.7 Å². The molecule has 142 valence electrons. The molecule has 0 spiro atoms. The van der Waals surface area contributed by atoms with Crippen LogP contribution in [0.2, 0.25) is 5.02 Å². The van der Waals surface area contributed by atoms with Crippen molar-refractivity contribution in [2.75, 3.05) is 11.9 Å². The maximum Gasteiger partial charge on any atom is 0.322 e. The fraction of sp³-hybridized carbons (Fsp3) is 0.190. The first-order chi connectivity index (χ1) is 13.5. The van der Waals surface area contributed by atoms with Gasteiger partial charge >= 0.3 is 6.03 Å². The van der Waals surface area contributed by atoms with Crippen LogP contribution >= 0.6 is 11.6 Å². The van der Waals surface area contributed by atoms with E-state index in [2.05, 4.69) is 15.3 Å². The number of anilines is 1. The van der Waals surface area contributed by atoms with Crippen LogP contribution in [0.25, 0.3) is 11.4 Å². The molecule has 5 nitrogen and oxygen atoms in total. The van der Waals surface area contributed by atoms with E-state index < -0.39 is 0 Å². The van der Waals surface area contributed by atoms with E-state index in [-0.39, 0.29) is 11.8 Å². The van der Waals surface area contributed by atoms with Crippen molar-refractivity contribution in [3.63, 3.8) is 0 Å². The highest BCUT2D eigenvalue weighted by molar-refractivity contribution is 6.31. The number of aryl methyl sites for hydroxylation is 1. The number of rotatable bonds is 2. The number of carbonyl (C=O) groups is 1. The molecule has 2 heterocycles. The maximum atomic E-state index is 13.1. The molecule has 0 unspecified atom stereocenters. The number of aromatic nitrogens is 2. The second-order valence-electron chi connectivity index (χ2n) is 6.73. The minimum atomic E-state index is -0.293. The first-order valence-corrected chi connectivity index (χ1v) is 9.30. The van der Waals surface area contributed by atoms with E-state index in [4.69, 9.17) is 11.6 Å². The lowest BCUT2D eigenvalue weighted by Gasteiger charge is -2.28. The summed E-state index contributed by atoms with van der Waals surface area (Å²) in [5.74, 6) is 0.268. The van der Waals surface area contributed by atoms with Gasteiger partial charge in [-0.25, -0.2) is 19.2 Å². The van der Waals surface area contributed by atoms with Gasteiger partial charge in [0.1, 0.15) is 5.82 Å². The third-order valence-electron chi connectivity index (χ3n) is 4.76. The SMILES string of the molecule is Cc1ccc(Cl)cc1NC(=O)N1CCc2nc(-c3ccc(F)cc3)ncc2C1. The number of nitrogens with one attached hydrogen (secondary N) is 1. The predicted octanol–water partition coefficient (Wildman–Crippen LogP) is 4.83. The molecule has 1 aromatic heterocycles. The van der Waals surface area contributed by atoms with E-state index in [0.717, 1.165) is 22.4 Å². The number of fused-ring (bicyclic) bond motifs is 1. The van der Waals surface area contributed by atoms with Crippen LogP contribution in [0, 0.1) is 12.7 Å². The lowest BCUT2D eigenvalue weighted by molar-refractivity contribution is 0.206. The molecule has 0 saturated heterocycles. The fourth-order valence-corrected chi connectivity index (χ4v) is 3.32. The molecule has 0 fully saturated rings. The average Bonchev–Trinajstić information content (AvgIpc) is 2.70. The standard InChI is InChI=1S/C21H18ClFN4O/c1-13-2-5-16(22)10-19(13)26-21(28)27-9-8-18-15(12-27)11-24-20(25-18)14-3-6-17(23)7-4-14/h2-7,10-11H,8-9,12H2,1H3,(H,26,28). The number of urea groups is 1. The van der Waals surface area contributed by atoms with Gasteiger partial charge in [-0.1, -0.05) is 17.7 Å². The molecule has 2 aromatic carbocycles. The van der Waals surface area contributed by atoms with Crippen LogP contribution in [-0.4, -0.2) is 27.4 Å². The quantitative estimate of drug-likeness (QED) is 0.674. The van der Waals surface area contributed by atoms with Crippen molar-refractivity contribution >= 4 is 23.3 Å². The monoisotopic (exact) mass is 396 g/mol. The molecule has 1 aliphatic heterocycles. The Morgan fingerprint density at radius 2 is 2.00 bits per heavy atom. The van der Waals surface area contributed by atoms with Gasteiger partial charge in [0.05, 0.1) is 12.2 Å². The number of carbonyl (C=O) groups excluding carboxylic acids is 1. The normalized spacial score (nSPS) is 13.2. The molecular weight excluding hydrogens is 379 g/mol. The fourth-order valence-electron chi connectivity index (χ4n) is 3.15. The van der Waals surface area contributed by atoms with Crippen molar-refractivity contribution in [1.29, 1.82) is 0 Å². The molecule has 0 radical (unpaired) electrons. The van der Waals surface area contributed by atoms with Crippen molar-refractivity contribution < 1.29 is 9.18 Å². The topological polar surface area (TPSA) is 58.1 Å². The highest BCUT2D eigenvalue weighted by Crippen LogP contribution is 2.24. The molecule has 3 aromatic rings. The summed E-state index contributed by atoms with van der Waals surface area (Å²) in [4.78, 5) is 23.4. The van der Waals surface area contributed by atoms with Crippen molar-refractivity contribution in [2.45, 2.75) is 19.9 Å². The van der Waals surface area contributed by atoms with Gasteiger partial charge in [0, 0.05) is 41.0 Å². The summed E-state index contributed by atoms with van der Waals surface area (Å²) in [5.41, 5.74) is 4.24. The van der Waals surface area contributed by atoms with Crippen LogP contribution in [0.4, 0.5) is 14.9 Å². The summed E-state index contributed by atoms with van der Waals surface area (Å²) in [7, 11) is 0.